The lowest BCUT2D eigenvalue weighted by atomic mass is 10.1. The number of hydrogen-bond acceptors (Lipinski definition) is 5. The van der Waals surface area contributed by atoms with E-state index in [4.69, 9.17) is 9.26 Å². The van der Waals surface area contributed by atoms with E-state index in [0.717, 1.165) is 33.8 Å². The highest BCUT2D eigenvalue weighted by Crippen LogP contribution is 2.24. The van der Waals surface area contributed by atoms with Crippen molar-refractivity contribution in [2.45, 2.75) is 54.7 Å². The number of nitrogens with zero attached hydrogens (tertiary/aromatic N) is 3. The first-order valence-corrected chi connectivity index (χ1v) is 11.3. The first-order valence-electron chi connectivity index (χ1n) is 11.3. The summed E-state index contributed by atoms with van der Waals surface area (Å²) in [5.74, 6) is 0.948. The van der Waals surface area contributed by atoms with E-state index in [1.807, 2.05) is 44.5 Å². The monoisotopic (exact) mass is 458 g/mol. The standard InChI is InChI=1S/C27H30N4O3/c1-16-7-9-22(10-8-16)14-31-20(5)25(19(4)29-31)28-27(32)26-24(21(6)34-30-26)15-33-23-12-17(2)11-18(3)13-23/h7-13H,14-15H2,1-6H3,(H,28,32). The number of ether oxygens (including phenoxy) is 1. The lowest BCUT2D eigenvalue weighted by Crippen LogP contribution is -2.16. The first kappa shape index (κ1) is 23.3. The van der Waals surface area contributed by atoms with E-state index in [2.05, 4.69) is 52.8 Å². The van der Waals surface area contributed by atoms with Gasteiger partial charge in [-0.05, 0) is 70.4 Å². The third kappa shape index (κ3) is 5.03. The Morgan fingerprint density at radius 3 is 2.32 bits per heavy atom. The van der Waals surface area contributed by atoms with Crippen molar-refractivity contribution in [2.24, 2.45) is 0 Å². The summed E-state index contributed by atoms with van der Waals surface area (Å²) in [4.78, 5) is 13.2. The fourth-order valence-corrected chi connectivity index (χ4v) is 3.98. The Kier molecular flexibility index (Phi) is 6.54. The Morgan fingerprint density at radius 2 is 1.65 bits per heavy atom. The molecule has 2 heterocycles. The maximum atomic E-state index is 13.2. The van der Waals surface area contributed by atoms with E-state index >= 15 is 0 Å². The minimum Gasteiger partial charge on any atom is -0.489 e. The summed E-state index contributed by atoms with van der Waals surface area (Å²) >= 11 is 0. The molecule has 1 N–H and O–H groups in total. The van der Waals surface area contributed by atoms with Crippen molar-refractivity contribution in [3.63, 3.8) is 0 Å². The van der Waals surface area contributed by atoms with Crippen LogP contribution in [0.4, 0.5) is 5.69 Å². The van der Waals surface area contributed by atoms with Crippen molar-refractivity contribution in [1.29, 1.82) is 0 Å². The average molecular weight is 459 g/mol. The Hall–Kier alpha value is -3.87. The smallest absolute Gasteiger partial charge is 0.278 e. The van der Waals surface area contributed by atoms with E-state index in [9.17, 15) is 4.79 Å². The van der Waals surface area contributed by atoms with Gasteiger partial charge in [0.05, 0.1) is 29.2 Å². The van der Waals surface area contributed by atoms with Gasteiger partial charge in [-0.25, -0.2) is 0 Å². The third-order valence-electron chi connectivity index (χ3n) is 5.85. The lowest BCUT2D eigenvalue weighted by molar-refractivity contribution is 0.101. The second-order valence-electron chi connectivity index (χ2n) is 8.82. The summed E-state index contributed by atoms with van der Waals surface area (Å²) in [6.07, 6.45) is 0. The zero-order chi connectivity index (χ0) is 24.4. The number of benzene rings is 2. The van der Waals surface area contributed by atoms with E-state index in [-0.39, 0.29) is 18.2 Å². The average Bonchev–Trinajstić information content (AvgIpc) is 3.27. The van der Waals surface area contributed by atoms with Crippen LogP contribution in [-0.4, -0.2) is 20.8 Å². The van der Waals surface area contributed by atoms with Crippen molar-refractivity contribution >= 4 is 11.6 Å². The molecule has 0 saturated heterocycles. The largest absolute Gasteiger partial charge is 0.489 e. The van der Waals surface area contributed by atoms with Crippen molar-refractivity contribution in [3.05, 3.63) is 93.1 Å². The molecule has 4 rings (SSSR count). The fraction of sp³-hybridized carbons (Fsp3) is 0.296. The van der Waals surface area contributed by atoms with Gasteiger partial charge < -0.3 is 14.6 Å². The lowest BCUT2D eigenvalue weighted by Gasteiger charge is -2.09. The van der Waals surface area contributed by atoms with Gasteiger partial charge in [0.2, 0.25) is 0 Å². The minimum absolute atomic E-state index is 0.186. The number of aromatic nitrogens is 3. The second kappa shape index (κ2) is 9.55. The Bertz CT molecular complexity index is 1310. The van der Waals surface area contributed by atoms with Crippen LogP contribution in [0, 0.1) is 41.5 Å². The molecule has 0 atom stereocenters. The van der Waals surface area contributed by atoms with Crippen molar-refractivity contribution in [3.8, 4) is 5.75 Å². The van der Waals surface area contributed by atoms with Gasteiger partial charge in [-0.2, -0.15) is 5.10 Å². The molecule has 0 fully saturated rings. The molecule has 0 bridgehead atoms. The fourth-order valence-electron chi connectivity index (χ4n) is 3.98. The number of aryl methyl sites for hydroxylation is 5. The van der Waals surface area contributed by atoms with Gasteiger partial charge in [-0.15, -0.1) is 0 Å². The van der Waals surface area contributed by atoms with Crippen LogP contribution in [0.1, 0.15) is 55.5 Å². The third-order valence-corrected chi connectivity index (χ3v) is 5.85. The number of rotatable bonds is 7. The Labute approximate surface area is 199 Å². The van der Waals surface area contributed by atoms with Crippen LogP contribution in [0.3, 0.4) is 0 Å². The summed E-state index contributed by atoms with van der Waals surface area (Å²) in [5, 5.41) is 11.6. The topological polar surface area (TPSA) is 82.2 Å². The normalized spacial score (nSPS) is 11.0. The number of carbonyl (C=O) groups is 1. The van der Waals surface area contributed by atoms with E-state index in [1.54, 1.807) is 6.92 Å². The number of amides is 1. The Morgan fingerprint density at radius 1 is 0.971 bits per heavy atom. The highest BCUT2D eigenvalue weighted by Gasteiger charge is 2.23. The van der Waals surface area contributed by atoms with Crippen LogP contribution >= 0.6 is 0 Å². The molecule has 176 valence electrons. The molecular weight excluding hydrogens is 428 g/mol. The number of hydrogen-bond donors (Lipinski definition) is 1. The molecule has 2 aromatic heterocycles. The van der Waals surface area contributed by atoms with Gasteiger partial charge in [0.25, 0.3) is 5.91 Å². The van der Waals surface area contributed by atoms with Crippen molar-refractivity contribution < 1.29 is 14.1 Å². The maximum absolute atomic E-state index is 13.2. The van der Waals surface area contributed by atoms with Crippen molar-refractivity contribution in [2.75, 3.05) is 5.32 Å². The van der Waals surface area contributed by atoms with Gasteiger partial charge in [-0.3, -0.25) is 9.48 Å². The van der Waals surface area contributed by atoms with Crippen LogP contribution in [0.15, 0.2) is 47.0 Å². The summed E-state index contributed by atoms with van der Waals surface area (Å²) in [6.45, 7) is 12.5. The molecule has 2 aromatic carbocycles. The van der Waals surface area contributed by atoms with Gasteiger partial charge in [0.1, 0.15) is 18.1 Å². The molecule has 7 nitrogen and oxygen atoms in total. The van der Waals surface area contributed by atoms with Crippen LogP contribution < -0.4 is 10.1 Å². The number of nitrogens with one attached hydrogen (secondary N) is 1. The molecule has 0 aliphatic rings. The van der Waals surface area contributed by atoms with Crippen LogP contribution in [0.2, 0.25) is 0 Å². The molecule has 0 aliphatic heterocycles. The highest BCUT2D eigenvalue weighted by molar-refractivity contribution is 6.04. The van der Waals surface area contributed by atoms with Crippen molar-refractivity contribution in [1.82, 2.24) is 14.9 Å². The van der Waals surface area contributed by atoms with Crippen LogP contribution in [-0.2, 0) is 13.2 Å². The SMILES string of the molecule is Cc1ccc(Cn2nc(C)c(NC(=O)c3noc(C)c3COc3cc(C)cc(C)c3)c2C)cc1. The zero-order valence-corrected chi connectivity index (χ0v) is 20.5. The van der Waals surface area contributed by atoms with E-state index in [0.29, 0.717) is 23.6 Å². The van der Waals surface area contributed by atoms with Crippen LogP contribution in [0.5, 0.6) is 5.75 Å². The van der Waals surface area contributed by atoms with Gasteiger partial charge >= 0.3 is 0 Å². The second-order valence-corrected chi connectivity index (χ2v) is 8.82. The zero-order valence-electron chi connectivity index (χ0n) is 20.5. The molecule has 0 saturated carbocycles. The number of anilines is 1. The quantitative estimate of drug-likeness (QED) is 0.390. The van der Waals surface area contributed by atoms with Gasteiger partial charge in [0.15, 0.2) is 5.69 Å². The maximum Gasteiger partial charge on any atom is 0.278 e. The molecule has 1 amide bonds. The molecule has 0 unspecified atom stereocenters. The summed E-state index contributed by atoms with van der Waals surface area (Å²) in [7, 11) is 0. The highest BCUT2D eigenvalue weighted by atomic mass is 16.5. The molecule has 4 aromatic rings. The summed E-state index contributed by atoms with van der Waals surface area (Å²) in [6, 6.07) is 14.3. The molecule has 34 heavy (non-hydrogen) atoms. The molecule has 0 aliphatic carbocycles. The molecule has 0 spiro atoms. The minimum atomic E-state index is -0.350. The van der Waals surface area contributed by atoms with Gasteiger partial charge in [-0.1, -0.05) is 41.1 Å². The molecular formula is C27H30N4O3. The first-order chi connectivity index (χ1) is 16.2. The predicted octanol–water partition coefficient (Wildman–Crippen LogP) is 5.60. The van der Waals surface area contributed by atoms with Gasteiger partial charge in [0, 0.05) is 0 Å². The van der Waals surface area contributed by atoms with Crippen LogP contribution in [0.25, 0.3) is 0 Å². The number of carbonyl (C=O) groups excluding carboxylic acids is 1. The Balaban J connectivity index is 1.51. The van der Waals surface area contributed by atoms with E-state index in [1.165, 1.54) is 5.56 Å². The predicted molar refractivity (Wildman–Crippen MR) is 131 cm³/mol. The summed E-state index contributed by atoms with van der Waals surface area (Å²) in [5.41, 5.74) is 7.72. The molecule has 7 heteroatoms. The molecule has 0 radical (unpaired) electrons. The van der Waals surface area contributed by atoms with E-state index < -0.39 is 0 Å². The summed E-state index contributed by atoms with van der Waals surface area (Å²) < 4.78 is 13.2.